The van der Waals surface area contributed by atoms with Crippen LogP contribution < -0.4 is 5.32 Å². The first-order valence-corrected chi connectivity index (χ1v) is 7.40. The molecule has 5 heteroatoms. The number of likely N-dealkylation sites (tertiary alicyclic amines) is 1. The predicted molar refractivity (Wildman–Crippen MR) is 76.6 cm³/mol. The van der Waals surface area contributed by atoms with Crippen molar-refractivity contribution in [1.29, 1.82) is 0 Å². The van der Waals surface area contributed by atoms with Gasteiger partial charge in [-0.2, -0.15) is 0 Å². The van der Waals surface area contributed by atoms with Gasteiger partial charge in [0.15, 0.2) is 0 Å². The molecule has 3 saturated heterocycles. The monoisotopic (exact) mass is 288 g/mol. The van der Waals surface area contributed by atoms with E-state index in [2.05, 4.69) is 10.2 Å². The van der Waals surface area contributed by atoms with Crippen molar-refractivity contribution in [2.45, 2.75) is 44.6 Å². The van der Waals surface area contributed by atoms with E-state index < -0.39 is 0 Å². The molecule has 0 bridgehead atoms. The molecular weight excluding hydrogens is 264 g/mol. The minimum Gasteiger partial charge on any atom is -0.368 e. The van der Waals surface area contributed by atoms with E-state index in [9.17, 15) is 4.79 Å². The van der Waals surface area contributed by atoms with Crippen LogP contribution in [0.5, 0.6) is 0 Å². The van der Waals surface area contributed by atoms with E-state index in [1.54, 1.807) is 0 Å². The van der Waals surface area contributed by atoms with Crippen LogP contribution in [0.3, 0.4) is 0 Å². The number of hydrogen-bond acceptors (Lipinski definition) is 3. The Morgan fingerprint density at radius 3 is 2.79 bits per heavy atom. The average Bonchev–Trinajstić information content (AvgIpc) is 2.93. The Hall–Kier alpha value is -0.320. The molecule has 0 aromatic carbocycles. The molecular formula is C14H25ClN2O2. The lowest BCUT2D eigenvalue weighted by molar-refractivity contribution is -0.144. The summed E-state index contributed by atoms with van der Waals surface area (Å²) in [5.74, 6) is 0.247. The van der Waals surface area contributed by atoms with Gasteiger partial charge in [-0.25, -0.2) is 0 Å². The topological polar surface area (TPSA) is 41.6 Å². The van der Waals surface area contributed by atoms with Crippen molar-refractivity contribution in [3.63, 3.8) is 0 Å². The molecule has 0 aliphatic carbocycles. The van der Waals surface area contributed by atoms with Crippen LogP contribution in [0.25, 0.3) is 0 Å². The van der Waals surface area contributed by atoms with Crippen molar-refractivity contribution < 1.29 is 9.53 Å². The Balaban J connectivity index is 0.00000133. The molecule has 1 spiro atoms. The second-order valence-corrected chi connectivity index (χ2v) is 6.15. The van der Waals surface area contributed by atoms with Gasteiger partial charge in [0.05, 0.1) is 0 Å². The quantitative estimate of drug-likeness (QED) is 0.796. The SMILES string of the molecule is Cl.O=C(C1CCCO1)N1CCCC2(CCCNC2)C1. The molecule has 0 aromatic heterocycles. The molecule has 1 N–H and O–H groups in total. The van der Waals surface area contributed by atoms with E-state index in [4.69, 9.17) is 4.74 Å². The summed E-state index contributed by atoms with van der Waals surface area (Å²) in [6, 6.07) is 0. The Morgan fingerprint density at radius 1 is 1.26 bits per heavy atom. The first-order chi connectivity index (χ1) is 8.79. The zero-order valence-corrected chi connectivity index (χ0v) is 12.3. The van der Waals surface area contributed by atoms with Gasteiger partial charge in [0.25, 0.3) is 5.91 Å². The van der Waals surface area contributed by atoms with E-state index in [-0.39, 0.29) is 24.4 Å². The van der Waals surface area contributed by atoms with Crippen LogP contribution in [0.2, 0.25) is 0 Å². The van der Waals surface area contributed by atoms with Crippen molar-refractivity contribution in [3.05, 3.63) is 0 Å². The maximum atomic E-state index is 12.4. The smallest absolute Gasteiger partial charge is 0.251 e. The summed E-state index contributed by atoms with van der Waals surface area (Å²) in [6.45, 7) is 4.86. The van der Waals surface area contributed by atoms with Gasteiger partial charge in [0.1, 0.15) is 6.10 Å². The van der Waals surface area contributed by atoms with Gasteiger partial charge in [-0.3, -0.25) is 4.79 Å². The molecule has 19 heavy (non-hydrogen) atoms. The molecule has 3 aliphatic rings. The van der Waals surface area contributed by atoms with Gasteiger partial charge in [-0.15, -0.1) is 12.4 Å². The highest BCUT2D eigenvalue weighted by molar-refractivity contribution is 5.85. The lowest BCUT2D eigenvalue weighted by Gasteiger charge is -2.45. The molecule has 4 nitrogen and oxygen atoms in total. The second-order valence-electron chi connectivity index (χ2n) is 6.15. The second kappa shape index (κ2) is 6.42. The van der Waals surface area contributed by atoms with Crippen LogP contribution in [0, 0.1) is 5.41 Å². The number of rotatable bonds is 1. The van der Waals surface area contributed by atoms with E-state index in [0.29, 0.717) is 5.41 Å². The predicted octanol–water partition coefficient (Wildman–Crippen LogP) is 1.58. The van der Waals surface area contributed by atoms with Crippen LogP contribution in [-0.2, 0) is 9.53 Å². The number of ether oxygens (including phenoxy) is 1. The number of nitrogens with zero attached hydrogens (tertiary/aromatic N) is 1. The molecule has 3 rings (SSSR count). The van der Waals surface area contributed by atoms with E-state index in [1.807, 2.05) is 0 Å². The maximum absolute atomic E-state index is 12.4. The largest absolute Gasteiger partial charge is 0.368 e. The summed E-state index contributed by atoms with van der Waals surface area (Å²) in [6.07, 6.45) is 6.77. The van der Waals surface area contributed by atoms with Gasteiger partial charge in [-0.05, 0) is 45.1 Å². The Kier molecular flexibility index (Phi) is 5.09. The fraction of sp³-hybridized carbons (Fsp3) is 0.929. The van der Waals surface area contributed by atoms with E-state index in [1.165, 1.54) is 19.3 Å². The lowest BCUT2D eigenvalue weighted by atomic mass is 9.74. The van der Waals surface area contributed by atoms with Crippen LogP contribution in [0.1, 0.15) is 38.5 Å². The summed E-state index contributed by atoms with van der Waals surface area (Å²) >= 11 is 0. The highest BCUT2D eigenvalue weighted by atomic mass is 35.5. The number of piperidine rings is 2. The normalized spacial score (nSPS) is 35.2. The zero-order valence-electron chi connectivity index (χ0n) is 11.5. The number of halogens is 1. The molecule has 110 valence electrons. The lowest BCUT2D eigenvalue weighted by Crippen LogP contribution is -2.54. The van der Waals surface area contributed by atoms with Gasteiger partial charge in [0.2, 0.25) is 0 Å². The van der Waals surface area contributed by atoms with E-state index >= 15 is 0 Å². The fourth-order valence-electron chi connectivity index (χ4n) is 3.75. The van der Waals surface area contributed by atoms with Crippen molar-refractivity contribution in [1.82, 2.24) is 10.2 Å². The molecule has 0 aromatic rings. The van der Waals surface area contributed by atoms with Crippen LogP contribution in [0.4, 0.5) is 0 Å². The third kappa shape index (κ3) is 3.23. The highest BCUT2D eigenvalue weighted by Gasteiger charge is 2.40. The van der Waals surface area contributed by atoms with Crippen LogP contribution in [-0.4, -0.2) is 49.7 Å². The van der Waals surface area contributed by atoms with Gasteiger partial charge >= 0.3 is 0 Å². The van der Waals surface area contributed by atoms with E-state index in [0.717, 1.165) is 52.0 Å². The summed E-state index contributed by atoms with van der Waals surface area (Å²) in [5, 5.41) is 3.51. The molecule has 3 heterocycles. The molecule has 3 fully saturated rings. The number of hydrogen-bond donors (Lipinski definition) is 1. The zero-order chi connectivity index (χ0) is 12.4. The fourth-order valence-corrected chi connectivity index (χ4v) is 3.75. The van der Waals surface area contributed by atoms with Gasteiger partial charge < -0.3 is 15.0 Å². The number of carbonyl (C=O) groups is 1. The molecule has 0 saturated carbocycles. The van der Waals surface area contributed by atoms with Gasteiger partial charge in [-0.1, -0.05) is 0 Å². The number of nitrogens with one attached hydrogen (secondary N) is 1. The summed E-state index contributed by atoms with van der Waals surface area (Å²) < 4.78 is 5.54. The van der Waals surface area contributed by atoms with Crippen molar-refractivity contribution in [2.75, 3.05) is 32.8 Å². The molecule has 2 unspecified atom stereocenters. The molecule has 0 radical (unpaired) electrons. The summed E-state index contributed by atoms with van der Waals surface area (Å²) in [4.78, 5) is 14.5. The number of amides is 1. The molecule has 2 atom stereocenters. The van der Waals surface area contributed by atoms with Crippen LogP contribution >= 0.6 is 12.4 Å². The van der Waals surface area contributed by atoms with Crippen molar-refractivity contribution >= 4 is 18.3 Å². The summed E-state index contributed by atoms with van der Waals surface area (Å²) in [5.41, 5.74) is 0.352. The standard InChI is InChI=1S/C14H24N2O2.ClH/c17-13(12-4-1-9-18-12)16-8-3-6-14(11-16)5-2-7-15-10-14;/h12,15H,1-11H2;1H. The van der Waals surface area contributed by atoms with Crippen molar-refractivity contribution in [2.24, 2.45) is 5.41 Å². The third-order valence-electron chi connectivity index (χ3n) is 4.74. The highest BCUT2D eigenvalue weighted by Crippen LogP contribution is 2.36. The van der Waals surface area contributed by atoms with Gasteiger partial charge in [0, 0.05) is 31.7 Å². The Morgan fingerprint density at radius 2 is 2.11 bits per heavy atom. The molecule has 3 aliphatic heterocycles. The first-order valence-electron chi connectivity index (χ1n) is 7.40. The number of carbonyl (C=O) groups excluding carboxylic acids is 1. The van der Waals surface area contributed by atoms with Crippen molar-refractivity contribution in [3.8, 4) is 0 Å². The Labute approximate surface area is 121 Å². The third-order valence-corrected chi connectivity index (χ3v) is 4.74. The van der Waals surface area contributed by atoms with Crippen LogP contribution in [0.15, 0.2) is 0 Å². The summed E-state index contributed by atoms with van der Waals surface area (Å²) in [7, 11) is 0. The maximum Gasteiger partial charge on any atom is 0.251 e. The first kappa shape index (κ1) is 15.1. The molecule has 1 amide bonds. The average molecular weight is 289 g/mol. The minimum absolute atomic E-state index is 0. The Bertz CT molecular complexity index is 307. The minimum atomic E-state index is -0.142.